The number of hydrogen-bond donors (Lipinski definition) is 1. The molecule has 0 radical (unpaired) electrons. The molecule has 2 rings (SSSR count). The van der Waals surface area contributed by atoms with Gasteiger partial charge in [0.15, 0.2) is 11.5 Å². The Hall–Kier alpha value is -2.74. The van der Waals surface area contributed by atoms with Gasteiger partial charge in [0.1, 0.15) is 6.04 Å². The Balaban J connectivity index is 2.43. The zero-order valence-corrected chi connectivity index (χ0v) is 18.5. The minimum atomic E-state index is -3.75. The molecule has 1 unspecified atom stereocenters. The van der Waals surface area contributed by atoms with E-state index < -0.39 is 22.0 Å². The van der Waals surface area contributed by atoms with E-state index in [0.717, 1.165) is 28.1 Å². The van der Waals surface area contributed by atoms with E-state index in [1.54, 1.807) is 19.1 Å². The van der Waals surface area contributed by atoms with Gasteiger partial charge in [0, 0.05) is 11.8 Å². The number of aryl methyl sites for hydroxylation is 2. The first-order chi connectivity index (χ1) is 13.6. The lowest BCUT2D eigenvalue weighted by Gasteiger charge is -2.29. The van der Waals surface area contributed by atoms with Crippen LogP contribution in [0.4, 0.5) is 11.4 Å². The molecule has 0 fully saturated rings. The van der Waals surface area contributed by atoms with Gasteiger partial charge in [-0.15, -0.1) is 0 Å². The van der Waals surface area contributed by atoms with Gasteiger partial charge in [-0.05, 0) is 43.5 Å². The van der Waals surface area contributed by atoms with Gasteiger partial charge >= 0.3 is 0 Å². The number of hydrogen-bond acceptors (Lipinski definition) is 5. The first-order valence-electron chi connectivity index (χ1n) is 9.24. The summed E-state index contributed by atoms with van der Waals surface area (Å²) in [6, 6.07) is 9.52. The van der Waals surface area contributed by atoms with E-state index in [-0.39, 0.29) is 0 Å². The van der Waals surface area contributed by atoms with E-state index >= 15 is 0 Å². The summed E-state index contributed by atoms with van der Waals surface area (Å²) in [4.78, 5) is 13.0. The van der Waals surface area contributed by atoms with Crippen LogP contribution in [0.1, 0.15) is 25.0 Å². The number of carbonyl (C=O) groups is 1. The molecule has 29 heavy (non-hydrogen) atoms. The van der Waals surface area contributed by atoms with Crippen LogP contribution in [0.3, 0.4) is 0 Å². The quantitative estimate of drug-likeness (QED) is 0.708. The van der Waals surface area contributed by atoms with E-state index in [1.165, 1.54) is 20.3 Å². The summed E-state index contributed by atoms with van der Waals surface area (Å²) in [6.07, 6.45) is 1.82. The normalized spacial score (nSPS) is 12.2. The minimum Gasteiger partial charge on any atom is -0.493 e. The SMILES string of the molecule is CCc1cccc(C)c1NC(=O)C(C)N(c1ccc(OC)c(OC)c1)S(C)(=O)=O. The molecule has 0 aromatic heterocycles. The number of anilines is 2. The zero-order valence-electron chi connectivity index (χ0n) is 17.6. The molecule has 7 nitrogen and oxygen atoms in total. The van der Waals surface area contributed by atoms with Crippen LogP contribution in [-0.2, 0) is 21.2 Å². The lowest BCUT2D eigenvalue weighted by molar-refractivity contribution is -0.116. The second kappa shape index (κ2) is 9.17. The lowest BCUT2D eigenvalue weighted by atomic mass is 10.1. The Morgan fingerprint density at radius 1 is 1.14 bits per heavy atom. The number of nitrogens with zero attached hydrogens (tertiary/aromatic N) is 1. The van der Waals surface area contributed by atoms with Crippen molar-refractivity contribution in [2.24, 2.45) is 0 Å². The van der Waals surface area contributed by atoms with Gasteiger partial charge in [0.05, 0.1) is 26.2 Å². The minimum absolute atomic E-state index is 0.313. The third-order valence-corrected chi connectivity index (χ3v) is 5.94. The molecule has 0 saturated carbocycles. The van der Waals surface area contributed by atoms with Crippen molar-refractivity contribution in [1.82, 2.24) is 0 Å². The van der Waals surface area contributed by atoms with Crippen LogP contribution < -0.4 is 19.1 Å². The van der Waals surface area contributed by atoms with Crippen molar-refractivity contribution in [3.8, 4) is 11.5 Å². The topological polar surface area (TPSA) is 84.9 Å². The van der Waals surface area contributed by atoms with E-state index in [4.69, 9.17) is 9.47 Å². The average Bonchev–Trinajstić information content (AvgIpc) is 2.68. The summed E-state index contributed by atoms with van der Waals surface area (Å²) < 4.78 is 36.7. The predicted octanol–water partition coefficient (Wildman–Crippen LogP) is 3.37. The molecule has 8 heteroatoms. The van der Waals surface area contributed by atoms with Crippen molar-refractivity contribution in [1.29, 1.82) is 0 Å². The number of rotatable bonds is 8. The monoisotopic (exact) mass is 420 g/mol. The molecule has 2 aromatic carbocycles. The number of amides is 1. The Morgan fingerprint density at radius 3 is 2.34 bits per heavy atom. The van der Waals surface area contributed by atoms with Gasteiger partial charge in [-0.2, -0.15) is 0 Å². The van der Waals surface area contributed by atoms with Crippen LogP contribution in [0.15, 0.2) is 36.4 Å². The maximum absolute atomic E-state index is 13.0. The third kappa shape index (κ3) is 5.00. The van der Waals surface area contributed by atoms with Crippen LogP contribution >= 0.6 is 0 Å². The van der Waals surface area contributed by atoms with Crippen LogP contribution in [0.25, 0.3) is 0 Å². The Kier molecular flexibility index (Phi) is 7.13. The van der Waals surface area contributed by atoms with Gasteiger partial charge in [-0.25, -0.2) is 8.42 Å². The summed E-state index contributed by atoms with van der Waals surface area (Å²) in [7, 11) is -0.788. The molecule has 0 aliphatic rings. The fraction of sp³-hybridized carbons (Fsp3) is 0.381. The summed E-state index contributed by atoms with van der Waals surface area (Å²) in [5.41, 5.74) is 2.94. The molecular weight excluding hydrogens is 392 g/mol. The van der Waals surface area contributed by atoms with Crippen molar-refractivity contribution >= 4 is 27.3 Å². The number of methoxy groups -OCH3 is 2. The highest BCUT2D eigenvalue weighted by atomic mass is 32.2. The van der Waals surface area contributed by atoms with Gasteiger partial charge in [0.25, 0.3) is 0 Å². The van der Waals surface area contributed by atoms with Crippen molar-refractivity contribution in [3.63, 3.8) is 0 Å². The smallest absolute Gasteiger partial charge is 0.248 e. The highest BCUT2D eigenvalue weighted by Crippen LogP contribution is 2.33. The molecule has 158 valence electrons. The van der Waals surface area contributed by atoms with Gasteiger partial charge in [0.2, 0.25) is 15.9 Å². The Labute approximate surface area is 172 Å². The molecule has 0 heterocycles. The van der Waals surface area contributed by atoms with Crippen LogP contribution in [0.5, 0.6) is 11.5 Å². The van der Waals surface area contributed by atoms with E-state index in [9.17, 15) is 13.2 Å². The van der Waals surface area contributed by atoms with E-state index in [2.05, 4.69) is 5.32 Å². The first-order valence-corrected chi connectivity index (χ1v) is 11.1. The lowest BCUT2D eigenvalue weighted by Crippen LogP contribution is -2.45. The molecule has 0 bridgehead atoms. The van der Waals surface area contributed by atoms with Gasteiger partial charge in [-0.1, -0.05) is 25.1 Å². The number of carbonyl (C=O) groups excluding carboxylic acids is 1. The largest absolute Gasteiger partial charge is 0.493 e. The molecule has 1 N–H and O–H groups in total. The molecule has 0 spiro atoms. The molecular formula is C21H28N2O5S. The summed E-state index contributed by atoms with van der Waals surface area (Å²) >= 11 is 0. The van der Waals surface area contributed by atoms with Crippen LogP contribution in [0.2, 0.25) is 0 Å². The molecule has 0 aliphatic carbocycles. The highest BCUT2D eigenvalue weighted by Gasteiger charge is 2.30. The van der Waals surface area contributed by atoms with Gasteiger partial charge in [-0.3, -0.25) is 9.10 Å². The molecule has 2 aromatic rings. The zero-order chi connectivity index (χ0) is 21.8. The van der Waals surface area contributed by atoms with Crippen molar-refractivity contribution in [2.45, 2.75) is 33.2 Å². The van der Waals surface area contributed by atoms with Crippen molar-refractivity contribution in [3.05, 3.63) is 47.5 Å². The number of ether oxygens (including phenoxy) is 2. The second-order valence-electron chi connectivity index (χ2n) is 6.73. The first kappa shape index (κ1) is 22.5. The summed E-state index contributed by atoms with van der Waals surface area (Å²) in [5.74, 6) is 0.418. The molecule has 0 aliphatic heterocycles. The number of sulfonamides is 1. The van der Waals surface area contributed by atoms with Crippen molar-refractivity contribution in [2.75, 3.05) is 30.1 Å². The second-order valence-corrected chi connectivity index (χ2v) is 8.59. The average molecular weight is 421 g/mol. The third-order valence-electron chi connectivity index (χ3n) is 4.70. The number of nitrogens with one attached hydrogen (secondary N) is 1. The van der Waals surface area contributed by atoms with Crippen LogP contribution in [-0.4, -0.2) is 40.8 Å². The fourth-order valence-electron chi connectivity index (χ4n) is 3.20. The van der Waals surface area contributed by atoms with E-state index in [0.29, 0.717) is 22.9 Å². The van der Waals surface area contributed by atoms with E-state index in [1.807, 2.05) is 32.0 Å². The molecule has 1 amide bonds. The maximum Gasteiger partial charge on any atom is 0.248 e. The Bertz CT molecular complexity index is 989. The summed E-state index contributed by atoms with van der Waals surface area (Å²) in [5, 5.41) is 2.90. The van der Waals surface area contributed by atoms with Crippen molar-refractivity contribution < 1.29 is 22.7 Å². The maximum atomic E-state index is 13.0. The van der Waals surface area contributed by atoms with Crippen LogP contribution in [0, 0.1) is 6.92 Å². The molecule has 0 saturated heterocycles. The standard InChI is InChI=1S/C21H28N2O5S/c1-7-16-10-8-9-14(2)20(16)22-21(24)15(3)23(29(6,25)26)17-11-12-18(27-4)19(13-17)28-5/h8-13,15H,7H2,1-6H3,(H,22,24). The highest BCUT2D eigenvalue weighted by molar-refractivity contribution is 7.92. The number of para-hydroxylation sites is 1. The Morgan fingerprint density at radius 2 is 1.79 bits per heavy atom. The fourth-order valence-corrected chi connectivity index (χ4v) is 4.37. The summed E-state index contributed by atoms with van der Waals surface area (Å²) in [6.45, 7) is 5.46. The van der Waals surface area contributed by atoms with Gasteiger partial charge < -0.3 is 14.8 Å². The molecule has 1 atom stereocenters. The predicted molar refractivity (Wildman–Crippen MR) is 116 cm³/mol. The number of benzene rings is 2.